The van der Waals surface area contributed by atoms with Crippen LogP contribution >= 0.6 is 0 Å². The zero-order chi connectivity index (χ0) is 14.0. The minimum absolute atomic E-state index is 0.0896. The van der Waals surface area contributed by atoms with Crippen LogP contribution in [0.2, 0.25) is 0 Å². The van der Waals surface area contributed by atoms with E-state index in [4.69, 9.17) is 9.47 Å². The zero-order valence-electron chi connectivity index (χ0n) is 13.2. The Bertz CT molecular complexity index is 300. The van der Waals surface area contributed by atoms with Crippen LogP contribution in [-0.2, 0) is 9.47 Å². The van der Waals surface area contributed by atoms with Gasteiger partial charge in [0.2, 0.25) is 0 Å². The first-order valence-corrected chi connectivity index (χ1v) is 8.66. The first-order chi connectivity index (χ1) is 9.67. The van der Waals surface area contributed by atoms with E-state index in [1.165, 1.54) is 38.5 Å². The molecule has 0 radical (unpaired) electrons. The summed E-state index contributed by atoms with van der Waals surface area (Å²) in [5.74, 6) is 1.71. The van der Waals surface area contributed by atoms with E-state index in [0.717, 1.165) is 44.1 Å². The molecule has 3 aliphatic rings. The molecule has 1 aliphatic heterocycles. The van der Waals surface area contributed by atoms with E-state index < -0.39 is 0 Å². The molecule has 3 nitrogen and oxygen atoms in total. The molecule has 0 bridgehead atoms. The Labute approximate surface area is 123 Å². The lowest BCUT2D eigenvalue weighted by molar-refractivity contribution is -0.119. The summed E-state index contributed by atoms with van der Waals surface area (Å²) in [6.07, 6.45) is 9.26. The third-order valence-corrected chi connectivity index (χ3v) is 5.48. The van der Waals surface area contributed by atoms with Crippen molar-refractivity contribution in [2.75, 3.05) is 19.8 Å². The van der Waals surface area contributed by atoms with Crippen LogP contribution in [0.5, 0.6) is 0 Å². The average molecular weight is 281 g/mol. The second-order valence-corrected chi connectivity index (χ2v) is 7.52. The predicted octanol–water partition coefficient (Wildman–Crippen LogP) is 3.13. The number of hydrogen-bond donors (Lipinski definition) is 1. The van der Waals surface area contributed by atoms with E-state index in [1.54, 1.807) is 0 Å². The molecule has 0 aromatic rings. The van der Waals surface area contributed by atoms with Gasteiger partial charge < -0.3 is 14.8 Å². The topological polar surface area (TPSA) is 30.5 Å². The van der Waals surface area contributed by atoms with Gasteiger partial charge in [-0.3, -0.25) is 0 Å². The highest BCUT2D eigenvalue weighted by Crippen LogP contribution is 2.39. The average Bonchev–Trinajstić information content (AvgIpc) is 3.14. The number of nitrogens with one attached hydrogen (secondary N) is 1. The van der Waals surface area contributed by atoms with Gasteiger partial charge in [-0.1, -0.05) is 13.8 Å². The minimum Gasteiger partial charge on any atom is -0.379 e. The van der Waals surface area contributed by atoms with Gasteiger partial charge in [-0.2, -0.15) is 0 Å². The molecule has 1 unspecified atom stereocenters. The molecule has 3 fully saturated rings. The quantitative estimate of drug-likeness (QED) is 0.811. The molecular weight excluding hydrogens is 250 g/mol. The summed E-state index contributed by atoms with van der Waals surface area (Å²) >= 11 is 0. The third-order valence-electron chi connectivity index (χ3n) is 5.48. The van der Waals surface area contributed by atoms with E-state index in [-0.39, 0.29) is 5.60 Å². The summed E-state index contributed by atoms with van der Waals surface area (Å²) in [6, 6.07) is 0.776. The van der Waals surface area contributed by atoms with Crippen LogP contribution in [0.15, 0.2) is 0 Å². The molecule has 0 spiro atoms. The molecular formula is C17H31NO2. The molecule has 2 aliphatic carbocycles. The largest absolute Gasteiger partial charge is 0.379 e. The van der Waals surface area contributed by atoms with Crippen molar-refractivity contribution in [2.24, 2.45) is 11.8 Å². The summed E-state index contributed by atoms with van der Waals surface area (Å²) in [6.45, 7) is 7.47. The molecule has 1 N–H and O–H groups in total. The molecule has 20 heavy (non-hydrogen) atoms. The summed E-state index contributed by atoms with van der Waals surface area (Å²) in [5, 5.41) is 3.72. The molecule has 1 saturated heterocycles. The first kappa shape index (κ1) is 14.8. The minimum atomic E-state index is 0.0896. The van der Waals surface area contributed by atoms with Crippen LogP contribution in [0.4, 0.5) is 0 Å². The Balaban J connectivity index is 1.57. The molecule has 0 aromatic carbocycles. The smallest absolute Gasteiger partial charge is 0.0838 e. The van der Waals surface area contributed by atoms with Crippen molar-refractivity contribution in [3.8, 4) is 0 Å². The molecule has 0 amide bonds. The van der Waals surface area contributed by atoms with Crippen molar-refractivity contribution in [2.45, 2.75) is 76.5 Å². The van der Waals surface area contributed by atoms with E-state index >= 15 is 0 Å². The number of hydrogen-bond acceptors (Lipinski definition) is 3. The van der Waals surface area contributed by atoms with Gasteiger partial charge in [0.1, 0.15) is 0 Å². The van der Waals surface area contributed by atoms with Crippen LogP contribution in [0.3, 0.4) is 0 Å². The standard InChI is InChI=1S/C17H31NO2/c1-13(2)14-5-8-17(9-6-14,12-18-15-3-4-15)20-16-7-10-19-11-16/h13-16,18H,3-12H2,1-2H3. The van der Waals surface area contributed by atoms with Gasteiger partial charge in [0.25, 0.3) is 0 Å². The lowest BCUT2D eigenvalue weighted by Crippen LogP contribution is -2.49. The Morgan fingerprint density at radius 1 is 1.15 bits per heavy atom. The highest BCUT2D eigenvalue weighted by molar-refractivity contribution is 4.94. The highest BCUT2D eigenvalue weighted by Gasteiger charge is 2.40. The van der Waals surface area contributed by atoms with Crippen molar-refractivity contribution in [3.05, 3.63) is 0 Å². The van der Waals surface area contributed by atoms with E-state index in [9.17, 15) is 0 Å². The summed E-state index contributed by atoms with van der Waals surface area (Å²) in [4.78, 5) is 0. The molecule has 1 heterocycles. The molecule has 3 rings (SSSR count). The van der Waals surface area contributed by atoms with E-state index in [1.807, 2.05) is 0 Å². The Hall–Kier alpha value is -0.120. The molecule has 116 valence electrons. The van der Waals surface area contributed by atoms with Crippen LogP contribution in [0.1, 0.15) is 58.8 Å². The highest BCUT2D eigenvalue weighted by atomic mass is 16.6. The maximum atomic E-state index is 6.56. The maximum Gasteiger partial charge on any atom is 0.0838 e. The molecule has 0 aromatic heterocycles. The zero-order valence-corrected chi connectivity index (χ0v) is 13.2. The summed E-state index contributed by atoms with van der Waals surface area (Å²) in [7, 11) is 0. The summed E-state index contributed by atoms with van der Waals surface area (Å²) in [5.41, 5.74) is 0.0896. The number of ether oxygens (including phenoxy) is 2. The fraction of sp³-hybridized carbons (Fsp3) is 1.00. The van der Waals surface area contributed by atoms with Crippen molar-refractivity contribution in [1.82, 2.24) is 5.32 Å². The Kier molecular flexibility index (Phi) is 4.68. The maximum absolute atomic E-state index is 6.56. The molecule has 3 heteroatoms. The summed E-state index contributed by atoms with van der Waals surface area (Å²) < 4.78 is 12.1. The van der Waals surface area contributed by atoms with Gasteiger partial charge in [-0.15, -0.1) is 0 Å². The normalized spacial score (nSPS) is 38.5. The number of rotatable bonds is 6. The second-order valence-electron chi connectivity index (χ2n) is 7.52. The predicted molar refractivity (Wildman–Crippen MR) is 80.9 cm³/mol. The van der Waals surface area contributed by atoms with Crippen LogP contribution in [0, 0.1) is 11.8 Å². The van der Waals surface area contributed by atoms with Gasteiger partial charge in [0.15, 0.2) is 0 Å². The fourth-order valence-electron chi connectivity index (χ4n) is 3.75. The van der Waals surface area contributed by atoms with E-state index in [0.29, 0.717) is 6.10 Å². The van der Waals surface area contributed by atoms with Gasteiger partial charge in [0, 0.05) is 19.2 Å². The Morgan fingerprint density at radius 3 is 2.45 bits per heavy atom. The second kappa shape index (κ2) is 6.33. The van der Waals surface area contributed by atoms with Gasteiger partial charge >= 0.3 is 0 Å². The van der Waals surface area contributed by atoms with E-state index in [2.05, 4.69) is 19.2 Å². The van der Waals surface area contributed by atoms with Crippen LogP contribution in [-0.4, -0.2) is 37.5 Å². The first-order valence-electron chi connectivity index (χ1n) is 8.66. The molecule has 1 atom stereocenters. The van der Waals surface area contributed by atoms with Gasteiger partial charge in [0.05, 0.1) is 18.3 Å². The van der Waals surface area contributed by atoms with Gasteiger partial charge in [-0.05, 0) is 56.8 Å². The monoisotopic (exact) mass is 281 g/mol. The molecule has 2 saturated carbocycles. The fourth-order valence-corrected chi connectivity index (χ4v) is 3.75. The van der Waals surface area contributed by atoms with Crippen LogP contribution < -0.4 is 5.32 Å². The van der Waals surface area contributed by atoms with Crippen molar-refractivity contribution in [3.63, 3.8) is 0 Å². The lowest BCUT2D eigenvalue weighted by atomic mass is 9.74. The van der Waals surface area contributed by atoms with Crippen LogP contribution in [0.25, 0.3) is 0 Å². The van der Waals surface area contributed by atoms with Crippen molar-refractivity contribution < 1.29 is 9.47 Å². The SMILES string of the molecule is CC(C)C1CCC(CNC2CC2)(OC2CCOC2)CC1. The Morgan fingerprint density at radius 2 is 1.90 bits per heavy atom. The lowest BCUT2D eigenvalue weighted by Gasteiger charge is -2.43. The third kappa shape index (κ3) is 3.75. The van der Waals surface area contributed by atoms with Crippen molar-refractivity contribution in [1.29, 1.82) is 0 Å². The van der Waals surface area contributed by atoms with Gasteiger partial charge in [-0.25, -0.2) is 0 Å². The van der Waals surface area contributed by atoms with Crippen molar-refractivity contribution >= 4 is 0 Å².